The Labute approximate surface area is 130 Å². The number of benzene rings is 1. The zero-order chi connectivity index (χ0) is 16.5. The van der Waals surface area contributed by atoms with Crippen LogP contribution in [0.5, 0.6) is 0 Å². The van der Waals surface area contributed by atoms with Gasteiger partial charge in [0.1, 0.15) is 13.2 Å². The smallest absolute Gasteiger partial charge is 0.329 e. The van der Waals surface area contributed by atoms with E-state index in [1.165, 1.54) is 23.9 Å². The van der Waals surface area contributed by atoms with Crippen molar-refractivity contribution in [3.05, 3.63) is 23.4 Å². The molecule has 1 aromatic rings. The van der Waals surface area contributed by atoms with E-state index in [0.717, 1.165) is 0 Å². The lowest BCUT2D eigenvalue weighted by Crippen LogP contribution is -2.21. The van der Waals surface area contributed by atoms with Gasteiger partial charge in [-0.25, -0.2) is 4.79 Å². The van der Waals surface area contributed by atoms with Gasteiger partial charge in [-0.15, -0.1) is 11.8 Å². The highest BCUT2D eigenvalue weighted by atomic mass is 32.2. The third-order valence-electron chi connectivity index (χ3n) is 2.21. The number of carbonyl (C=O) groups excluding carboxylic acids is 1. The van der Waals surface area contributed by atoms with Crippen LogP contribution < -0.4 is 10.5 Å². The lowest BCUT2D eigenvalue weighted by Gasteiger charge is -2.23. The molecule has 0 aliphatic carbocycles. The standard InChI is InChI=1S/C12H15N2O7S/c15-1-2-22-10-4-8(3-9(5-10)14(19)20)13-11(16)6-21-7-12(17)18/h3-5,15,19H,1-2,6-7H2,(H,13,16)(H,17,18)/q-1. The van der Waals surface area contributed by atoms with E-state index in [0.29, 0.717) is 10.6 Å². The Morgan fingerprint density at radius 1 is 1.32 bits per heavy atom. The molecule has 0 spiro atoms. The van der Waals surface area contributed by atoms with Crippen LogP contribution in [0, 0.1) is 5.21 Å². The number of carbonyl (C=O) groups is 2. The van der Waals surface area contributed by atoms with Crippen LogP contribution in [0.2, 0.25) is 0 Å². The topological polar surface area (TPSA) is 142 Å². The van der Waals surface area contributed by atoms with Crippen molar-refractivity contribution in [3.8, 4) is 0 Å². The van der Waals surface area contributed by atoms with Gasteiger partial charge in [0.15, 0.2) is 0 Å². The first kappa shape index (κ1) is 18.2. The van der Waals surface area contributed by atoms with Gasteiger partial charge in [-0.3, -0.25) is 10.0 Å². The third kappa shape index (κ3) is 6.74. The predicted molar refractivity (Wildman–Crippen MR) is 79.0 cm³/mol. The Balaban J connectivity index is 2.73. The van der Waals surface area contributed by atoms with E-state index in [9.17, 15) is 14.8 Å². The lowest BCUT2D eigenvalue weighted by molar-refractivity contribution is -0.143. The number of carboxylic acids is 1. The van der Waals surface area contributed by atoms with Crippen molar-refractivity contribution >= 4 is 35.0 Å². The number of thioether (sulfide) groups is 1. The minimum atomic E-state index is -1.19. The number of nitrogens with zero attached hydrogens (tertiary/aromatic N) is 1. The first-order chi connectivity index (χ1) is 10.4. The molecule has 0 aliphatic heterocycles. The molecule has 0 bridgehead atoms. The molecule has 0 saturated heterocycles. The molecule has 0 saturated carbocycles. The Morgan fingerprint density at radius 3 is 2.64 bits per heavy atom. The summed E-state index contributed by atoms with van der Waals surface area (Å²) in [6.07, 6.45) is 0. The number of amides is 1. The van der Waals surface area contributed by atoms with Crippen LogP contribution in [0.15, 0.2) is 23.1 Å². The van der Waals surface area contributed by atoms with E-state index in [2.05, 4.69) is 10.1 Å². The number of anilines is 2. The Kier molecular flexibility index (Phi) is 7.63. The zero-order valence-corrected chi connectivity index (χ0v) is 12.2. The summed E-state index contributed by atoms with van der Waals surface area (Å²) in [6, 6.07) is 4.18. The SMILES string of the molecule is O=C(O)COCC(=O)Nc1cc(SCCO)cc(N([O-])O)c1. The molecule has 1 amide bonds. The molecule has 4 N–H and O–H groups in total. The van der Waals surface area contributed by atoms with Gasteiger partial charge in [0.25, 0.3) is 0 Å². The largest absolute Gasteiger partial charge is 0.733 e. The first-order valence-electron chi connectivity index (χ1n) is 6.06. The highest BCUT2D eigenvalue weighted by Crippen LogP contribution is 2.28. The molecule has 0 aromatic heterocycles. The quantitative estimate of drug-likeness (QED) is 0.376. The second-order valence-corrected chi connectivity index (χ2v) is 5.16. The van der Waals surface area contributed by atoms with Crippen LogP contribution in [0.1, 0.15) is 0 Å². The van der Waals surface area contributed by atoms with E-state index >= 15 is 0 Å². The van der Waals surface area contributed by atoms with E-state index in [4.69, 9.17) is 15.4 Å². The molecule has 122 valence electrons. The van der Waals surface area contributed by atoms with Gasteiger partial charge < -0.3 is 30.7 Å². The summed E-state index contributed by atoms with van der Waals surface area (Å²) in [5, 5.41) is 39.2. The average Bonchev–Trinajstić information content (AvgIpc) is 2.44. The van der Waals surface area contributed by atoms with Gasteiger partial charge in [0.05, 0.1) is 12.3 Å². The molecule has 0 aliphatic rings. The van der Waals surface area contributed by atoms with Gasteiger partial charge in [0, 0.05) is 16.3 Å². The molecule has 0 heterocycles. The fourth-order valence-corrected chi connectivity index (χ4v) is 2.18. The predicted octanol–water partition coefficient (Wildman–Crippen LogP) is 0.504. The van der Waals surface area contributed by atoms with Crippen molar-refractivity contribution in [1.82, 2.24) is 0 Å². The molecule has 0 unspecified atom stereocenters. The Morgan fingerprint density at radius 2 is 2.05 bits per heavy atom. The number of aliphatic carboxylic acids is 1. The minimum Gasteiger partial charge on any atom is -0.733 e. The van der Waals surface area contributed by atoms with Crippen molar-refractivity contribution in [2.24, 2.45) is 0 Å². The van der Waals surface area contributed by atoms with Crippen molar-refractivity contribution in [2.45, 2.75) is 4.90 Å². The van der Waals surface area contributed by atoms with Crippen LogP contribution in [0.4, 0.5) is 11.4 Å². The van der Waals surface area contributed by atoms with E-state index in [1.54, 1.807) is 6.07 Å². The number of hydrogen-bond acceptors (Lipinski definition) is 8. The summed E-state index contributed by atoms with van der Waals surface area (Å²) in [5.41, 5.74) is 0.140. The van der Waals surface area contributed by atoms with Crippen LogP contribution >= 0.6 is 11.8 Å². The van der Waals surface area contributed by atoms with Gasteiger partial charge in [-0.05, 0) is 18.2 Å². The van der Waals surface area contributed by atoms with Crippen molar-refractivity contribution < 1.29 is 29.7 Å². The van der Waals surface area contributed by atoms with Crippen LogP contribution in [-0.4, -0.2) is 52.9 Å². The van der Waals surface area contributed by atoms with E-state index < -0.39 is 25.1 Å². The summed E-state index contributed by atoms with van der Waals surface area (Å²) < 4.78 is 4.63. The average molecular weight is 331 g/mol. The summed E-state index contributed by atoms with van der Waals surface area (Å²) in [4.78, 5) is 22.4. The fraction of sp³-hybridized carbons (Fsp3) is 0.333. The number of hydrogen-bond donors (Lipinski definition) is 4. The van der Waals surface area contributed by atoms with Gasteiger partial charge in [0.2, 0.25) is 5.91 Å². The second-order valence-electron chi connectivity index (χ2n) is 4.00. The molecule has 0 fully saturated rings. The van der Waals surface area contributed by atoms with E-state index in [1.807, 2.05) is 0 Å². The van der Waals surface area contributed by atoms with Gasteiger partial charge >= 0.3 is 5.97 Å². The zero-order valence-electron chi connectivity index (χ0n) is 11.4. The normalized spacial score (nSPS) is 10.3. The molecule has 9 nitrogen and oxygen atoms in total. The van der Waals surface area contributed by atoms with Gasteiger partial charge in [-0.1, -0.05) is 0 Å². The maximum atomic E-state index is 11.6. The maximum absolute atomic E-state index is 11.6. The van der Waals surface area contributed by atoms with Crippen molar-refractivity contribution in [1.29, 1.82) is 0 Å². The molecular formula is C12H15N2O7S-. The molecular weight excluding hydrogens is 316 g/mol. The number of nitrogens with one attached hydrogen (secondary N) is 1. The summed E-state index contributed by atoms with van der Waals surface area (Å²) in [5.74, 6) is -1.42. The van der Waals surface area contributed by atoms with Crippen LogP contribution in [0.3, 0.4) is 0 Å². The fourth-order valence-electron chi connectivity index (χ4n) is 1.44. The first-order valence-corrected chi connectivity index (χ1v) is 7.05. The Hall–Kier alpha value is -1.85. The summed E-state index contributed by atoms with van der Waals surface area (Å²) in [7, 11) is 0. The van der Waals surface area contributed by atoms with Crippen molar-refractivity contribution in [3.63, 3.8) is 0 Å². The Bertz CT molecular complexity index is 524. The summed E-state index contributed by atoms with van der Waals surface area (Å²) >= 11 is 1.23. The highest BCUT2D eigenvalue weighted by Gasteiger charge is 2.08. The number of aliphatic hydroxyl groups excluding tert-OH is 1. The molecule has 0 atom stereocenters. The van der Waals surface area contributed by atoms with Crippen LogP contribution in [0.25, 0.3) is 0 Å². The molecule has 10 heteroatoms. The van der Waals surface area contributed by atoms with Crippen molar-refractivity contribution in [2.75, 3.05) is 36.1 Å². The van der Waals surface area contributed by atoms with E-state index in [-0.39, 0.29) is 23.2 Å². The number of rotatable bonds is 9. The number of carboxylic acid groups (broad SMARTS) is 1. The maximum Gasteiger partial charge on any atom is 0.329 e. The lowest BCUT2D eigenvalue weighted by atomic mass is 10.3. The molecule has 1 rings (SSSR count). The monoisotopic (exact) mass is 331 g/mol. The number of ether oxygens (including phenoxy) is 1. The van der Waals surface area contributed by atoms with Crippen LogP contribution in [-0.2, 0) is 14.3 Å². The molecule has 22 heavy (non-hydrogen) atoms. The molecule has 1 aromatic carbocycles. The minimum absolute atomic E-state index is 0.0696. The van der Waals surface area contributed by atoms with Gasteiger partial charge in [-0.2, -0.15) is 0 Å². The molecule has 0 radical (unpaired) electrons. The second kappa shape index (κ2) is 9.23. The highest BCUT2D eigenvalue weighted by molar-refractivity contribution is 7.99. The summed E-state index contributed by atoms with van der Waals surface area (Å²) in [6.45, 7) is -1.13. The third-order valence-corrected chi connectivity index (χ3v) is 3.17. The number of aliphatic hydroxyl groups is 1.